The smallest absolute Gasteiger partial charge is 0.234 e. The first kappa shape index (κ1) is 17.4. The minimum absolute atomic E-state index is 0.0809. The number of fused-ring (bicyclic) bond motifs is 1. The number of aromatic nitrogens is 3. The fraction of sp³-hybridized carbons (Fsp3) is 0.150. The quantitative estimate of drug-likeness (QED) is 0.525. The average molecular weight is 378 g/mol. The number of thioether (sulfide) groups is 1. The summed E-state index contributed by atoms with van der Waals surface area (Å²) in [6.07, 6.45) is 0. The molecule has 1 amide bonds. The Labute approximate surface area is 160 Å². The highest BCUT2D eigenvalue weighted by Gasteiger charge is 2.16. The fourth-order valence-electron chi connectivity index (χ4n) is 2.78. The van der Waals surface area contributed by atoms with Crippen molar-refractivity contribution in [3.63, 3.8) is 0 Å². The van der Waals surface area contributed by atoms with Crippen LogP contribution in [0.15, 0.2) is 64.2 Å². The van der Waals surface area contributed by atoms with Crippen LogP contribution in [-0.2, 0) is 11.8 Å². The molecular formula is C20H18N4O2S. The lowest BCUT2D eigenvalue weighted by Gasteiger charge is -2.07. The summed E-state index contributed by atoms with van der Waals surface area (Å²) < 4.78 is 7.69. The Morgan fingerprint density at radius 3 is 2.74 bits per heavy atom. The number of hydrogen-bond acceptors (Lipinski definition) is 5. The molecule has 136 valence electrons. The molecule has 7 heteroatoms. The molecule has 4 aromatic rings. The van der Waals surface area contributed by atoms with Crippen molar-refractivity contribution in [1.82, 2.24) is 14.8 Å². The highest BCUT2D eigenvalue weighted by molar-refractivity contribution is 7.99. The van der Waals surface area contributed by atoms with E-state index >= 15 is 0 Å². The van der Waals surface area contributed by atoms with Gasteiger partial charge in [0.2, 0.25) is 5.91 Å². The fourth-order valence-corrected chi connectivity index (χ4v) is 3.49. The number of nitrogens with one attached hydrogen (secondary N) is 1. The zero-order valence-corrected chi connectivity index (χ0v) is 15.8. The van der Waals surface area contributed by atoms with Crippen molar-refractivity contribution < 1.29 is 9.21 Å². The molecule has 0 atom stereocenters. The van der Waals surface area contributed by atoms with Gasteiger partial charge in [-0.3, -0.25) is 4.79 Å². The molecule has 0 saturated carbocycles. The maximum Gasteiger partial charge on any atom is 0.234 e. The molecule has 0 aliphatic carbocycles. The number of furan rings is 1. The predicted molar refractivity (Wildman–Crippen MR) is 107 cm³/mol. The number of benzene rings is 2. The topological polar surface area (TPSA) is 73.0 Å². The summed E-state index contributed by atoms with van der Waals surface area (Å²) >= 11 is 1.34. The lowest BCUT2D eigenvalue weighted by atomic mass is 10.2. The molecule has 4 rings (SSSR count). The SMILES string of the molecule is Cc1ccccc1NC(=O)CSc1nnc(-c2cc3ccccc3o2)n1C. The number of hydrogen-bond donors (Lipinski definition) is 1. The molecule has 0 unspecified atom stereocenters. The summed E-state index contributed by atoms with van der Waals surface area (Å²) in [6.45, 7) is 1.96. The van der Waals surface area contributed by atoms with Gasteiger partial charge < -0.3 is 14.3 Å². The summed E-state index contributed by atoms with van der Waals surface area (Å²) in [4.78, 5) is 12.2. The number of rotatable bonds is 5. The number of amides is 1. The largest absolute Gasteiger partial charge is 0.453 e. The second-order valence-electron chi connectivity index (χ2n) is 6.17. The van der Waals surface area contributed by atoms with Crippen LogP contribution in [-0.4, -0.2) is 26.4 Å². The summed E-state index contributed by atoms with van der Waals surface area (Å²) in [5, 5.41) is 13.0. The van der Waals surface area contributed by atoms with Gasteiger partial charge in [-0.25, -0.2) is 0 Å². The first-order valence-corrected chi connectivity index (χ1v) is 9.47. The van der Waals surface area contributed by atoms with Gasteiger partial charge in [0.15, 0.2) is 16.7 Å². The van der Waals surface area contributed by atoms with Gasteiger partial charge >= 0.3 is 0 Å². The van der Waals surface area contributed by atoms with Crippen molar-refractivity contribution in [3.05, 3.63) is 60.2 Å². The molecule has 6 nitrogen and oxygen atoms in total. The molecule has 0 spiro atoms. The van der Waals surface area contributed by atoms with E-state index < -0.39 is 0 Å². The number of nitrogens with zero attached hydrogens (tertiary/aromatic N) is 3. The van der Waals surface area contributed by atoms with Gasteiger partial charge in [0.25, 0.3) is 0 Å². The molecule has 2 heterocycles. The number of carbonyl (C=O) groups excluding carboxylic acids is 1. The van der Waals surface area contributed by atoms with Gasteiger partial charge in [0.05, 0.1) is 5.75 Å². The van der Waals surface area contributed by atoms with Crippen LogP contribution in [0.1, 0.15) is 5.56 Å². The van der Waals surface area contributed by atoms with E-state index in [0.29, 0.717) is 16.7 Å². The molecule has 0 bridgehead atoms. The lowest BCUT2D eigenvalue weighted by molar-refractivity contribution is -0.113. The standard InChI is InChI=1S/C20H18N4O2S/c1-13-7-3-5-9-15(13)21-18(25)12-27-20-23-22-19(24(20)2)17-11-14-8-4-6-10-16(14)26-17/h3-11H,12H2,1-2H3,(H,21,25). The first-order valence-electron chi connectivity index (χ1n) is 8.48. The minimum atomic E-state index is -0.0809. The molecule has 0 aliphatic rings. The van der Waals surface area contributed by atoms with E-state index in [1.807, 2.05) is 73.1 Å². The van der Waals surface area contributed by atoms with Crippen molar-refractivity contribution in [2.75, 3.05) is 11.1 Å². The van der Waals surface area contributed by atoms with Gasteiger partial charge in [-0.15, -0.1) is 10.2 Å². The third-order valence-electron chi connectivity index (χ3n) is 4.23. The van der Waals surface area contributed by atoms with Crippen molar-refractivity contribution in [2.45, 2.75) is 12.1 Å². The maximum atomic E-state index is 12.2. The summed E-state index contributed by atoms with van der Waals surface area (Å²) in [5.41, 5.74) is 2.66. The summed E-state index contributed by atoms with van der Waals surface area (Å²) in [6, 6.07) is 17.4. The van der Waals surface area contributed by atoms with E-state index in [2.05, 4.69) is 15.5 Å². The number of carbonyl (C=O) groups is 1. The Morgan fingerprint density at radius 2 is 1.93 bits per heavy atom. The van der Waals surface area contributed by atoms with Gasteiger partial charge in [0, 0.05) is 18.1 Å². The molecule has 0 aliphatic heterocycles. The normalized spacial score (nSPS) is 11.0. The molecular weight excluding hydrogens is 360 g/mol. The van der Waals surface area contributed by atoms with E-state index in [4.69, 9.17) is 4.42 Å². The van der Waals surface area contributed by atoms with E-state index in [1.54, 1.807) is 0 Å². The van der Waals surface area contributed by atoms with E-state index in [0.717, 1.165) is 22.2 Å². The molecule has 0 radical (unpaired) electrons. The van der Waals surface area contributed by atoms with Crippen LogP contribution in [0, 0.1) is 6.92 Å². The highest BCUT2D eigenvalue weighted by atomic mass is 32.2. The van der Waals surface area contributed by atoms with Gasteiger partial charge in [-0.2, -0.15) is 0 Å². The van der Waals surface area contributed by atoms with Gasteiger partial charge in [0.1, 0.15) is 5.58 Å². The van der Waals surface area contributed by atoms with Crippen LogP contribution in [0.25, 0.3) is 22.6 Å². The van der Waals surface area contributed by atoms with Crippen LogP contribution in [0.3, 0.4) is 0 Å². The number of aryl methyl sites for hydroxylation is 1. The third kappa shape index (κ3) is 3.59. The Balaban J connectivity index is 1.46. The van der Waals surface area contributed by atoms with Gasteiger partial charge in [-0.1, -0.05) is 48.2 Å². The monoisotopic (exact) mass is 378 g/mol. The van der Waals surface area contributed by atoms with Crippen molar-refractivity contribution >= 4 is 34.3 Å². The Bertz CT molecular complexity index is 1080. The number of para-hydroxylation sites is 2. The predicted octanol–water partition coefficient (Wildman–Crippen LogP) is 4.27. The second kappa shape index (κ2) is 7.28. The summed E-state index contributed by atoms with van der Waals surface area (Å²) in [5.74, 6) is 1.46. The summed E-state index contributed by atoms with van der Waals surface area (Å²) in [7, 11) is 1.87. The minimum Gasteiger partial charge on any atom is -0.453 e. The van der Waals surface area contributed by atoms with Crippen LogP contribution >= 0.6 is 11.8 Å². The van der Waals surface area contributed by atoms with Crippen LogP contribution in [0.2, 0.25) is 0 Å². The number of anilines is 1. The maximum absolute atomic E-state index is 12.2. The third-order valence-corrected chi connectivity index (χ3v) is 5.25. The molecule has 0 saturated heterocycles. The Kier molecular flexibility index (Phi) is 4.68. The van der Waals surface area contributed by atoms with Crippen LogP contribution in [0.5, 0.6) is 0 Å². The molecule has 2 aromatic heterocycles. The van der Waals surface area contributed by atoms with E-state index in [9.17, 15) is 4.79 Å². The molecule has 0 fully saturated rings. The lowest BCUT2D eigenvalue weighted by Crippen LogP contribution is -2.15. The second-order valence-corrected chi connectivity index (χ2v) is 7.11. The molecule has 1 N–H and O–H groups in total. The van der Waals surface area contributed by atoms with Crippen molar-refractivity contribution in [3.8, 4) is 11.6 Å². The van der Waals surface area contributed by atoms with E-state index in [1.165, 1.54) is 11.8 Å². The zero-order valence-electron chi connectivity index (χ0n) is 15.0. The zero-order chi connectivity index (χ0) is 18.8. The Morgan fingerprint density at radius 1 is 1.15 bits per heavy atom. The highest BCUT2D eigenvalue weighted by Crippen LogP contribution is 2.28. The van der Waals surface area contributed by atoms with Crippen molar-refractivity contribution in [1.29, 1.82) is 0 Å². The molecule has 27 heavy (non-hydrogen) atoms. The van der Waals surface area contributed by atoms with Crippen LogP contribution < -0.4 is 5.32 Å². The van der Waals surface area contributed by atoms with Crippen molar-refractivity contribution in [2.24, 2.45) is 7.05 Å². The Hall–Kier alpha value is -3.06. The van der Waals surface area contributed by atoms with Crippen LogP contribution in [0.4, 0.5) is 5.69 Å². The average Bonchev–Trinajstić information content (AvgIpc) is 3.25. The van der Waals surface area contributed by atoms with Gasteiger partial charge in [-0.05, 0) is 30.7 Å². The van der Waals surface area contributed by atoms with E-state index in [-0.39, 0.29) is 11.7 Å². The molecule has 2 aromatic carbocycles. The first-order chi connectivity index (χ1) is 13.1.